The van der Waals surface area contributed by atoms with E-state index in [1.807, 2.05) is 6.08 Å². The Morgan fingerprint density at radius 1 is 0.745 bits per heavy atom. The van der Waals surface area contributed by atoms with Gasteiger partial charge in [0.15, 0.2) is 12.6 Å². The molecule has 4 unspecified atom stereocenters. The van der Waals surface area contributed by atoms with Crippen LogP contribution in [0.1, 0.15) is 97.3 Å². The number of amides is 1. The summed E-state index contributed by atoms with van der Waals surface area (Å²) in [7, 11) is 0. The van der Waals surface area contributed by atoms with E-state index < -0.39 is 86.8 Å². The van der Waals surface area contributed by atoms with Gasteiger partial charge in [0.25, 0.3) is 0 Å². The maximum absolute atomic E-state index is 12.2. The molecule has 2 saturated heterocycles. The predicted molar refractivity (Wildman–Crippen MR) is 171 cm³/mol. The predicted octanol–water partition coefficient (Wildman–Crippen LogP) is 0.140. The van der Waals surface area contributed by atoms with E-state index in [4.69, 9.17) is 18.9 Å². The zero-order valence-corrected chi connectivity index (χ0v) is 28.0. The minimum absolute atomic E-state index is 0.163. The summed E-state index contributed by atoms with van der Waals surface area (Å²) in [6.07, 6.45) is 1.07. The summed E-state index contributed by atoms with van der Waals surface area (Å²) in [5, 5.41) is 84.8. The first kappa shape index (κ1) is 41.9. The molecule has 2 aliphatic heterocycles. The van der Waals surface area contributed by atoms with E-state index in [0.29, 0.717) is 0 Å². The Morgan fingerprint density at radius 2 is 1.30 bits per heavy atom. The van der Waals surface area contributed by atoms with E-state index in [1.165, 1.54) is 57.8 Å². The second-order valence-corrected chi connectivity index (χ2v) is 12.6. The number of carbonyl (C=O) groups is 1. The van der Waals surface area contributed by atoms with E-state index >= 15 is 0 Å². The molecule has 0 bridgehead atoms. The maximum Gasteiger partial charge on any atom is 0.220 e. The van der Waals surface area contributed by atoms with Crippen molar-refractivity contribution in [1.29, 1.82) is 0 Å². The number of allylic oxidation sites excluding steroid dienone is 1. The van der Waals surface area contributed by atoms with Crippen LogP contribution in [0.2, 0.25) is 0 Å². The molecular weight excluding hydrogens is 618 g/mol. The van der Waals surface area contributed by atoms with Crippen molar-refractivity contribution in [3.63, 3.8) is 0 Å². The highest BCUT2D eigenvalue weighted by Crippen LogP contribution is 2.29. The van der Waals surface area contributed by atoms with Crippen molar-refractivity contribution >= 4 is 5.91 Å². The zero-order valence-electron chi connectivity index (χ0n) is 28.0. The monoisotopic (exact) mass is 679 g/mol. The minimum atomic E-state index is -1.78. The van der Waals surface area contributed by atoms with Crippen molar-refractivity contribution in [2.75, 3.05) is 19.8 Å². The molecule has 9 N–H and O–H groups in total. The lowest BCUT2D eigenvalue weighted by atomic mass is 9.97. The van der Waals surface area contributed by atoms with Gasteiger partial charge in [-0.2, -0.15) is 0 Å². The van der Waals surface area contributed by atoms with Crippen molar-refractivity contribution < 1.29 is 64.6 Å². The van der Waals surface area contributed by atoms with Crippen LogP contribution in [0.4, 0.5) is 0 Å². The van der Waals surface area contributed by atoms with Gasteiger partial charge in [0.1, 0.15) is 48.8 Å². The van der Waals surface area contributed by atoms with Crippen molar-refractivity contribution in [3.05, 3.63) is 12.2 Å². The zero-order chi connectivity index (χ0) is 34.8. The quantitative estimate of drug-likeness (QED) is 0.0518. The van der Waals surface area contributed by atoms with Crippen molar-refractivity contribution in [1.82, 2.24) is 5.32 Å². The highest BCUT2D eigenvalue weighted by molar-refractivity contribution is 5.75. The van der Waals surface area contributed by atoms with Gasteiger partial charge in [0, 0.05) is 6.42 Å². The summed E-state index contributed by atoms with van der Waals surface area (Å²) in [5.74, 6) is -0.331. The van der Waals surface area contributed by atoms with Gasteiger partial charge >= 0.3 is 0 Å². The standard InChI is InChI=1S/C33H61NO13/c1-3-5-6-7-8-9-10-11-12-13-14-15-16-17-22(37)21(34-25(38)4-2)20-44-32-30(43)28(41)31(24(19-36)46-32)47-33-29(42)27(40)26(39)23(18-35)45-33/h16-17,21-24,26-33,35-37,39-43H,3-15,18-20H2,1-2H3,(H,34,38)/b17-16+/t21-,22+,23?,24?,26-,27-,28+,29?,30?,31+,32+,33-/m0/s1. The molecule has 2 aliphatic rings. The lowest BCUT2D eigenvalue weighted by Crippen LogP contribution is -2.65. The molecule has 12 atom stereocenters. The minimum Gasteiger partial charge on any atom is -0.394 e. The van der Waals surface area contributed by atoms with Gasteiger partial charge in [-0.05, 0) is 12.8 Å². The highest BCUT2D eigenvalue weighted by Gasteiger charge is 2.50. The van der Waals surface area contributed by atoms with Crippen molar-refractivity contribution in [2.24, 2.45) is 0 Å². The molecular formula is C33H61NO13. The largest absolute Gasteiger partial charge is 0.394 e. The molecule has 0 radical (unpaired) electrons. The molecule has 14 heteroatoms. The van der Waals surface area contributed by atoms with E-state index in [0.717, 1.165) is 19.3 Å². The second-order valence-electron chi connectivity index (χ2n) is 12.6. The average Bonchev–Trinajstić information content (AvgIpc) is 3.07. The van der Waals surface area contributed by atoms with Crippen LogP contribution in [-0.4, -0.2) is 140 Å². The Balaban J connectivity index is 1.85. The van der Waals surface area contributed by atoms with Gasteiger partial charge in [-0.1, -0.05) is 90.2 Å². The Hall–Kier alpha value is -1.27. The lowest BCUT2D eigenvalue weighted by Gasteiger charge is -2.46. The number of nitrogens with one attached hydrogen (secondary N) is 1. The molecule has 47 heavy (non-hydrogen) atoms. The summed E-state index contributed by atoms with van der Waals surface area (Å²) in [4.78, 5) is 12.2. The Bertz CT molecular complexity index is 862. The van der Waals surface area contributed by atoms with Gasteiger partial charge in [0.05, 0.1) is 32.0 Å². The lowest BCUT2D eigenvalue weighted by molar-refractivity contribution is -0.359. The molecule has 0 aromatic heterocycles. The summed E-state index contributed by atoms with van der Waals surface area (Å²) in [6, 6.07) is -0.903. The normalized spacial score (nSPS) is 32.8. The Morgan fingerprint density at radius 3 is 1.87 bits per heavy atom. The van der Waals surface area contributed by atoms with E-state index in [9.17, 15) is 45.6 Å². The first-order chi connectivity index (χ1) is 22.6. The molecule has 2 heterocycles. The fraction of sp³-hybridized carbons (Fsp3) is 0.909. The molecule has 0 aromatic rings. The first-order valence-electron chi connectivity index (χ1n) is 17.4. The number of hydrogen-bond acceptors (Lipinski definition) is 13. The summed E-state index contributed by atoms with van der Waals surface area (Å²) < 4.78 is 22.2. The van der Waals surface area contributed by atoms with Crippen molar-refractivity contribution in [3.8, 4) is 0 Å². The average molecular weight is 680 g/mol. The number of carbonyl (C=O) groups excluding carboxylic acids is 1. The van der Waals surface area contributed by atoms with Gasteiger partial charge in [-0.25, -0.2) is 0 Å². The van der Waals surface area contributed by atoms with Crippen LogP contribution in [0.5, 0.6) is 0 Å². The number of rotatable bonds is 23. The SMILES string of the molecule is CCCCCCCCCCCCC/C=C/[C@@H](O)[C@H](CO[C@@H]1OC(CO)[C@@H](O[C@@H]2OC(CO)[C@H](O)[C@H](O)C2O)[C@H](O)C1O)NC(=O)CC. The molecule has 2 rings (SSSR count). The third-order valence-corrected chi connectivity index (χ3v) is 8.79. The van der Waals surface area contributed by atoms with E-state index in [-0.39, 0.29) is 18.9 Å². The van der Waals surface area contributed by atoms with Gasteiger partial charge < -0.3 is 65.1 Å². The molecule has 0 spiro atoms. The van der Waals surface area contributed by atoms with Gasteiger partial charge in [-0.15, -0.1) is 0 Å². The van der Waals surface area contributed by atoms with Crippen LogP contribution in [0.15, 0.2) is 12.2 Å². The molecule has 14 nitrogen and oxygen atoms in total. The molecule has 0 aromatic carbocycles. The molecule has 2 fully saturated rings. The molecule has 1 amide bonds. The summed E-state index contributed by atoms with van der Waals surface area (Å²) >= 11 is 0. The van der Waals surface area contributed by atoms with E-state index in [1.54, 1.807) is 13.0 Å². The van der Waals surface area contributed by atoms with Gasteiger partial charge in [0.2, 0.25) is 5.91 Å². The summed E-state index contributed by atoms with van der Waals surface area (Å²) in [6.45, 7) is 2.16. The second kappa shape index (κ2) is 23.2. The molecule has 0 saturated carbocycles. The third kappa shape index (κ3) is 13.9. The van der Waals surface area contributed by atoms with Crippen LogP contribution < -0.4 is 5.32 Å². The third-order valence-electron chi connectivity index (χ3n) is 8.79. The summed E-state index contributed by atoms with van der Waals surface area (Å²) in [5.41, 5.74) is 0. The van der Waals surface area contributed by atoms with Crippen molar-refractivity contribution in [2.45, 2.75) is 171 Å². The molecule has 276 valence electrons. The molecule has 0 aliphatic carbocycles. The fourth-order valence-electron chi connectivity index (χ4n) is 5.72. The topological polar surface area (TPSA) is 228 Å². The number of aliphatic hydroxyl groups excluding tert-OH is 8. The van der Waals surface area contributed by atoms with Crippen LogP contribution in [0.25, 0.3) is 0 Å². The number of unbranched alkanes of at least 4 members (excludes halogenated alkanes) is 11. The Kier molecular flexibility index (Phi) is 20.7. The van der Waals surface area contributed by atoms with E-state index in [2.05, 4.69) is 12.2 Å². The first-order valence-corrected chi connectivity index (χ1v) is 17.4. The fourth-order valence-corrected chi connectivity index (χ4v) is 5.72. The van der Waals surface area contributed by atoms with Crippen LogP contribution in [0, 0.1) is 0 Å². The number of hydrogen-bond donors (Lipinski definition) is 9. The maximum atomic E-state index is 12.2. The van der Waals surface area contributed by atoms with Crippen LogP contribution in [0.3, 0.4) is 0 Å². The Labute approximate surface area is 278 Å². The number of aliphatic hydroxyl groups is 8. The van der Waals surface area contributed by atoms with Crippen LogP contribution >= 0.6 is 0 Å². The smallest absolute Gasteiger partial charge is 0.220 e. The van der Waals surface area contributed by atoms with Crippen LogP contribution in [-0.2, 0) is 23.7 Å². The number of ether oxygens (including phenoxy) is 4. The highest BCUT2D eigenvalue weighted by atomic mass is 16.7. The van der Waals surface area contributed by atoms with Gasteiger partial charge in [-0.3, -0.25) is 4.79 Å².